The van der Waals surface area contributed by atoms with E-state index < -0.39 is 5.91 Å². The van der Waals surface area contributed by atoms with Crippen molar-refractivity contribution >= 4 is 29.2 Å². The molecule has 2 aromatic carbocycles. The number of aromatic nitrogens is 2. The van der Waals surface area contributed by atoms with Gasteiger partial charge in [0.15, 0.2) is 0 Å². The van der Waals surface area contributed by atoms with E-state index in [9.17, 15) is 9.59 Å². The van der Waals surface area contributed by atoms with Crippen molar-refractivity contribution < 1.29 is 19.4 Å². The van der Waals surface area contributed by atoms with E-state index in [0.29, 0.717) is 40.9 Å². The molecular formula is C25H26ClN5O4. The molecule has 0 spiro atoms. The Kier molecular flexibility index (Phi) is 7.38. The minimum absolute atomic E-state index is 0.139. The molecule has 1 aliphatic rings. The number of hydrogen-bond acceptors (Lipinski definition) is 6. The Hall–Kier alpha value is -3.82. The zero-order valence-electron chi connectivity index (χ0n) is 18.9. The van der Waals surface area contributed by atoms with Gasteiger partial charge < -0.3 is 26.2 Å². The fraction of sp³-hybridized carbons (Fsp3) is 0.240. The highest BCUT2D eigenvalue weighted by Gasteiger charge is 2.29. The number of carbonyl (C=O) groups excluding carboxylic acids is 2. The first-order valence-corrected chi connectivity index (χ1v) is 11.5. The zero-order chi connectivity index (χ0) is 24.9. The van der Waals surface area contributed by atoms with Crippen LogP contribution in [0.5, 0.6) is 11.5 Å². The predicted molar refractivity (Wildman–Crippen MR) is 133 cm³/mol. The Balaban J connectivity index is 1.59. The van der Waals surface area contributed by atoms with E-state index in [2.05, 4.69) is 5.10 Å². The van der Waals surface area contributed by atoms with Crippen LogP contribution < -0.4 is 16.2 Å². The van der Waals surface area contributed by atoms with Crippen LogP contribution in [0.4, 0.5) is 5.82 Å². The van der Waals surface area contributed by atoms with Gasteiger partial charge in [0.2, 0.25) is 5.91 Å². The monoisotopic (exact) mass is 495 g/mol. The lowest BCUT2D eigenvalue weighted by molar-refractivity contribution is -0.127. The number of aliphatic hydroxyl groups is 1. The number of anilines is 1. The molecule has 5 N–H and O–H groups in total. The first-order chi connectivity index (χ1) is 16.9. The first kappa shape index (κ1) is 24.3. The highest BCUT2D eigenvalue weighted by molar-refractivity contribution is 6.30. The molecule has 3 aromatic rings. The number of rotatable bonds is 7. The Morgan fingerprint density at radius 2 is 1.80 bits per heavy atom. The van der Waals surface area contributed by atoms with Crippen molar-refractivity contribution in [3.63, 3.8) is 0 Å². The van der Waals surface area contributed by atoms with Gasteiger partial charge in [0.1, 0.15) is 28.6 Å². The third-order valence-corrected chi connectivity index (χ3v) is 6.04. The first-order valence-electron chi connectivity index (χ1n) is 11.2. The molecule has 1 unspecified atom stereocenters. The summed E-state index contributed by atoms with van der Waals surface area (Å²) in [6.45, 7) is 0.771. The molecule has 0 aliphatic carbocycles. The summed E-state index contributed by atoms with van der Waals surface area (Å²) in [4.78, 5) is 26.3. The molecule has 1 saturated heterocycles. The number of ether oxygens (including phenoxy) is 1. The Bertz CT molecular complexity index is 1240. The van der Waals surface area contributed by atoms with E-state index in [1.54, 1.807) is 58.1 Å². The van der Waals surface area contributed by atoms with Gasteiger partial charge in [0, 0.05) is 29.8 Å². The summed E-state index contributed by atoms with van der Waals surface area (Å²) in [7, 11) is 0. The molecule has 4 rings (SSSR count). The van der Waals surface area contributed by atoms with Gasteiger partial charge >= 0.3 is 0 Å². The van der Waals surface area contributed by atoms with E-state index in [0.717, 1.165) is 12.8 Å². The second kappa shape index (κ2) is 10.6. The van der Waals surface area contributed by atoms with Crippen molar-refractivity contribution in [1.82, 2.24) is 14.7 Å². The van der Waals surface area contributed by atoms with Crippen LogP contribution in [0.3, 0.4) is 0 Å². The van der Waals surface area contributed by atoms with E-state index >= 15 is 0 Å². The van der Waals surface area contributed by atoms with Crippen LogP contribution in [0.1, 0.15) is 29.2 Å². The lowest BCUT2D eigenvalue weighted by Crippen LogP contribution is -2.40. The molecule has 1 fully saturated rings. The molecule has 1 aliphatic heterocycles. The van der Waals surface area contributed by atoms with Crippen LogP contribution in [-0.4, -0.2) is 51.3 Å². The number of aliphatic hydroxyl groups excluding tert-OH is 1. The molecule has 10 heteroatoms. The highest BCUT2D eigenvalue weighted by atomic mass is 35.5. The van der Waals surface area contributed by atoms with Crippen LogP contribution in [0.25, 0.3) is 11.3 Å². The molecule has 2 amide bonds. The van der Waals surface area contributed by atoms with Crippen LogP contribution in [0.2, 0.25) is 5.02 Å². The van der Waals surface area contributed by atoms with Gasteiger partial charge in [-0.1, -0.05) is 17.7 Å². The summed E-state index contributed by atoms with van der Waals surface area (Å²) in [5, 5.41) is 14.2. The average Bonchev–Trinajstić information content (AvgIpc) is 3.21. The summed E-state index contributed by atoms with van der Waals surface area (Å²) >= 11 is 5.91. The maximum absolute atomic E-state index is 12.4. The van der Waals surface area contributed by atoms with Crippen molar-refractivity contribution in [3.8, 4) is 22.8 Å². The number of benzene rings is 2. The lowest BCUT2D eigenvalue weighted by Gasteiger charge is -2.32. The lowest BCUT2D eigenvalue weighted by atomic mass is 10.1. The second-order valence-electron chi connectivity index (χ2n) is 8.16. The number of carbonyl (C=O) groups is 2. The van der Waals surface area contributed by atoms with Gasteiger partial charge in [-0.05, 0) is 61.4 Å². The van der Waals surface area contributed by atoms with Gasteiger partial charge in [0.05, 0.1) is 12.6 Å². The third kappa shape index (κ3) is 5.47. The molecule has 182 valence electrons. The number of hydrogen-bond donors (Lipinski definition) is 3. The maximum atomic E-state index is 12.4. The highest BCUT2D eigenvalue weighted by Crippen LogP contribution is 2.33. The van der Waals surface area contributed by atoms with Crippen molar-refractivity contribution in [2.45, 2.75) is 18.9 Å². The molecule has 35 heavy (non-hydrogen) atoms. The Morgan fingerprint density at radius 3 is 2.43 bits per heavy atom. The summed E-state index contributed by atoms with van der Waals surface area (Å²) in [5.41, 5.74) is 13.2. The Labute approximate surface area is 207 Å². The van der Waals surface area contributed by atoms with E-state index in [4.69, 9.17) is 32.9 Å². The number of halogens is 1. The normalized spacial score (nSPS) is 15.9. The van der Waals surface area contributed by atoms with Crippen LogP contribution >= 0.6 is 11.6 Å². The van der Waals surface area contributed by atoms with Gasteiger partial charge in [-0.2, -0.15) is 5.10 Å². The van der Waals surface area contributed by atoms with Crippen LogP contribution in [0.15, 0.2) is 60.7 Å². The van der Waals surface area contributed by atoms with Crippen molar-refractivity contribution in [3.05, 3.63) is 71.3 Å². The number of nitrogens with two attached hydrogens (primary N) is 2. The molecule has 1 aromatic heterocycles. The smallest absolute Gasteiger partial charge is 0.254 e. The topological polar surface area (TPSA) is 137 Å². The largest absolute Gasteiger partial charge is 0.457 e. The number of amides is 2. The fourth-order valence-corrected chi connectivity index (χ4v) is 4.23. The molecule has 0 saturated carbocycles. The average molecular weight is 496 g/mol. The van der Waals surface area contributed by atoms with E-state index in [-0.39, 0.29) is 29.9 Å². The van der Waals surface area contributed by atoms with Gasteiger partial charge in [0.25, 0.3) is 5.91 Å². The number of likely N-dealkylation sites (tertiary alicyclic amines) is 1. The second-order valence-corrected chi connectivity index (χ2v) is 8.60. The van der Waals surface area contributed by atoms with E-state index in [1.165, 1.54) is 12.2 Å². The predicted octanol–water partition coefficient (Wildman–Crippen LogP) is 3.39. The molecular weight excluding hydrogens is 470 g/mol. The quantitative estimate of drug-likeness (QED) is 0.430. The van der Waals surface area contributed by atoms with Crippen molar-refractivity contribution in [2.24, 2.45) is 5.73 Å². The molecule has 0 bridgehead atoms. The minimum Gasteiger partial charge on any atom is -0.457 e. The maximum Gasteiger partial charge on any atom is 0.254 e. The summed E-state index contributed by atoms with van der Waals surface area (Å²) in [5.74, 6) is 0.528. The van der Waals surface area contributed by atoms with E-state index in [1.807, 2.05) is 0 Å². The van der Waals surface area contributed by atoms with Crippen LogP contribution in [-0.2, 0) is 4.79 Å². The molecule has 2 heterocycles. The third-order valence-electron chi connectivity index (χ3n) is 5.79. The standard InChI is InChI=1S/C25H26ClN5O4/c26-17-7-11-20(12-8-17)35-19-9-5-16(6-10-19)23-22(25(28)34)24(27)31(29-23)18-3-1-13-30(15-18)21(33)4-2-14-32/h2,4-12,18,32H,1,3,13-15,27H2,(H2,28,34). The minimum atomic E-state index is -0.681. The molecule has 0 radical (unpaired) electrons. The van der Waals surface area contributed by atoms with Crippen molar-refractivity contribution in [1.29, 1.82) is 0 Å². The summed E-state index contributed by atoms with van der Waals surface area (Å²) in [6, 6.07) is 13.9. The Morgan fingerprint density at radius 1 is 1.14 bits per heavy atom. The van der Waals surface area contributed by atoms with Crippen molar-refractivity contribution in [2.75, 3.05) is 25.4 Å². The number of nitrogen functional groups attached to an aromatic ring is 1. The van der Waals surface area contributed by atoms with Gasteiger partial charge in [-0.15, -0.1) is 0 Å². The summed E-state index contributed by atoms with van der Waals surface area (Å²) in [6.07, 6.45) is 4.24. The van der Waals surface area contributed by atoms with Crippen LogP contribution in [0, 0.1) is 0 Å². The van der Waals surface area contributed by atoms with Gasteiger partial charge in [-0.25, -0.2) is 4.68 Å². The molecule has 1 atom stereocenters. The number of primary amides is 1. The number of piperidine rings is 1. The SMILES string of the molecule is NC(=O)c1c(-c2ccc(Oc3ccc(Cl)cc3)cc2)nn(C2CCCN(C(=O)C=CCO)C2)c1N. The summed E-state index contributed by atoms with van der Waals surface area (Å²) < 4.78 is 7.42. The molecule has 9 nitrogen and oxygen atoms in total. The number of nitrogens with zero attached hydrogens (tertiary/aromatic N) is 3. The zero-order valence-corrected chi connectivity index (χ0v) is 19.7. The van der Waals surface area contributed by atoms with Gasteiger partial charge in [-0.3, -0.25) is 9.59 Å². The fourth-order valence-electron chi connectivity index (χ4n) is 4.10.